The van der Waals surface area contributed by atoms with Crippen LogP contribution in [0.15, 0.2) is 17.0 Å². The van der Waals surface area contributed by atoms with Crippen LogP contribution in [0.5, 0.6) is 0 Å². The van der Waals surface area contributed by atoms with Crippen LogP contribution >= 0.6 is 11.6 Å². The van der Waals surface area contributed by atoms with Gasteiger partial charge in [0.15, 0.2) is 5.82 Å². The smallest absolute Gasteiger partial charge is 0.246 e. The first-order valence-electron chi connectivity index (χ1n) is 6.88. The van der Waals surface area contributed by atoms with E-state index < -0.39 is 20.7 Å². The third-order valence-electron chi connectivity index (χ3n) is 4.19. The Kier molecular flexibility index (Phi) is 3.85. The van der Waals surface area contributed by atoms with Gasteiger partial charge in [-0.2, -0.15) is 4.31 Å². The van der Waals surface area contributed by atoms with Gasteiger partial charge in [-0.15, -0.1) is 0 Å². The highest BCUT2D eigenvalue weighted by Gasteiger charge is 2.37. The van der Waals surface area contributed by atoms with Crippen molar-refractivity contribution in [3.63, 3.8) is 0 Å². The zero-order valence-corrected chi connectivity index (χ0v) is 13.0. The first-order chi connectivity index (χ1) is 9.89. The molecule has 0 aliphatic carbocycles. The van der Waals surface area contributed by atoms with E-state index in [1.54, 1.807) is 0 Å². The Hall–Kier alpha value is -0.890. The second kappa shape index (κ2) is 5.39. The van der Waals surface area contributed by atoms with Gasteiger partial charge in [-0.1, -0.05) is 11.6 Å². The largest absolute Gasteiger partial charge is 0.399 e. The van der Waals surface area contributed by atoms with Crippen molar-refractivity contribution in [2.24, 2.45) is 0 Å². The van der Waals surface area contributed by atoms with Gasteiger partial charge in [0.05, 0.1) is 5.02 Å². The summed E-state index contributed by atoms with van der Waals surface area (Å²) in [5, 5.41) is -0.270. The number of piperazine rings is 1. The number of anilines is 1. The lowest BCUT2D eigenvalue weighted by molar-refractivity contribution is 0.158. The van der Waals surface area contributed by atoms with Crippen molar-refractivity contribution in [3.8, 4) is 0 Å². The molecule has 116 valence electrons. The van der Waals surface area contributed by atoms with Crippen LogP contribution in [0.25, 0.3) is 0 Å². The monoisotopic (exact) mass is 333 g/mol. The van der Waals surface area contributed by atoms with Gasteiger partial charge >= 0.3 is 0 Å². The number of halogens is 2. The van der Waals surface area contributed by atoms with E-state index >= 15 is 0 Å². The number of nitrogens with two attached hydrogens (primary N) is 1. The number of hydrogen-bond acceptors (Lipinski definition) is 4. The van der Waals surface area contributed by atoms with Gasteiger partial charge in [0.1, 0.15) is 4.90 Å². The number of rotatable bonds is 2. The van der Waals surface area contributed by atoms with Gasteiger partial charge in [-0.25, -0.2) is 12.8 Å². The molecule has 8 heteroatoms. The molecule has 0 bridgehead atoms. The average molecular weight is 334 g/mol. The first kappa shape index (κ1) is 15.0. The van der Waals surface area contributed by atoms with E-state index in [1.807, 2.05) is 0 Å². The molecule has 1 aromatic carbocycles. The maximum atomic E-state index is 14.1. The predicted octanol–water partition coefficient (Wildman–Crippen LogP) is 1.53. The highest BCUT2D eigenvalue weighted by molar-refractivity contribution is 7.89. The molecule has 0 spiro atoms. The molecule has 21 heavy (non-hydrogen) atoms. The van der Waals surface area contributed by atoms with Crippen LogP contribution in [-0.4, -0.2) is 49.8 Å². The first-order valence-corrected chi connectivity index (χ1v) is 8.70. The van der Waals surface area contributed by atoms with Crippen LogP contribution in [0.3, 0.4) is 0 Å². The molecular weight excluding hydrogens is 317 g/mol. The van der Waals surface area contributed by atoms with Crippen LogP contribution in [0, 0.1) is 5.82 Å². The number of nitrogens with zero attached hydrogens (tertiary/aromatic N) is 2. The van der Waals surface area contributed by atoms with Crippen molar-refractivity contribution in [1.29, 1.82) is 0 Å². The summed E-state index contributed by atoms with van der Waals surface area (Å²) in [4.78, 5) is 1.85. The van der Waals surface area contributed by atoms with Crippen LogP contribution in [0.2, 0.25) is 5.02 Å². The minimum atomic E-state index is -3.91. The van der Waals surface area contributed by atoms with Gasteiger partial charge in [-0.3, -0.25) is 4.90 Å². The van der Waals surface area contributed by atoms with E-state index in [0.29, 0.717) is 19.6 Å². The normalized spacial score (nSPS) is 24.2. The second-order valence-electron chi connectivity index (χ2n) is 5.51. The fourth-order valence-electron chi connectivity index (χ4n) is 3.09. The molecule has 2 aliphatic rings. The van der Waals surface area contributed by atoms with E-state index in [9.17, 15) is 12.8 Å². The van der Waals surface area contributed by atoms with Crippen LogP contribution in [-0.2, 0) is 10.0 Å². The Morgan fingerprint density at radius 2 is 2.05 bits per heavy atom. The molecule has 1 unspecified atom stereocenters. The molecule has 2 heterocycles. The summed E-state index contributed by atoms with van der Waals surface area (Å²) < 4.78 is 40.7. The van der Waals surface area contributed by atoms with Crippen LogP contribution < -0.4 is 5.73 Å². The minimum absolute atomic E-state index is 0.138. The summed E-state index contributed by atoms with van der Waals surface area (Å²) in [7, 11) is -3.91. The van der Waals surface area contributed by atoms with Crippen molar-refractivity contribution in [2.75, 3.05) is 31.9 Å². The van der Waals surface area contributed by atoms with E-state index in [0.717, 1.165) is 25.5 Å². The molecule has 5 nitrogen and oxygen atoms in total. The molecule has 2 fully saturated rings. The van der Waals surface area contributed by atoms with Crippen molar-refractivity contribution in [3.05, 3.63) is 23.0 Å². The Labute approximate surface area is 128 Å². The fourth-order valence-corrected chi connectivity index (χ4v) is 4.97. The van der Waals surface area contributed by atoms with Gasteiger partial charge < -0.3 is 5.73 Å². The van der Waals surface area contributed by atoms with E-state index in [1.165, 1.54) is 10.4 Å². The van der Waals surface area contributed by atoms with E-state index in [-0.39, 0.29) is 16.8 Å². The third kappa shape index (κ3) is 2.63. The summed E-state index contributed by atoms with van der Waals surface area (Å²) in [5.41, 5.74) is 5.74. The van der Waals surface area contributed by atoms with Gasteiger partial charge in [0.2, 0.25) is 10.0 Å². The van der Waals surface area contributed by atoms with Crippen LogP contribution in [0.1, 0.15) is 12.8 Å². The number of benzene rings is 1. The summed E-state index contributed by atoms with van der Waals surface area (Å²) >= 11 is 5.71. The maximum absolute atomic E-state index is 14.1. The quantitative estimate of drug-likeness (QED) is 0.834. The second-order valence-corrected chi connectivity index (χ2v) is 7.82. The SMILES string of the molecule is Nc1cc(Cl)c(F)c(S(=O)(=O)N2CCN3CCCC3C2)c1. The molecule has 3 rings (SSSR count). The average Bonchev–Trinajstić information content (AvgIpc) is 2.89. The molecule has 1 aromatic rings. The van der Waals surface area contributed by atoms with Crippen molar-refractivity contribution in [1.82, 2.24) is 9.21 Å². The molecule has 0 aromatic heterocycles. The lowest BCUT2D eigenvalue weighted by atomic mass is 10.2. The molecule has 2 aliphatic heterocycles. The highest BCUT2D eigenvalue weighted by Crippen LogP contribution is 2.30. The lowest BCUT2D eigenvalue weighted by Crippen LogP contribution is -2.52. The lowest BCUT2D eigenvalue weighted by Gasteiger charge is -2.36. The number of fused-ring (bicyclic) bond motifs is 1. The van der Waals surface area contributed by atoms with Gasteiger partial charge in [0, 0.05) is 31.4 Å². The van der Waals surface area contributed by atoms with Crippen molar-refractivity contribution in [2.45, 2.75) is 23.8 Å². The summed E-state index contributed by atoms with van der Waals surface area (Å²) in [5.74, 6) is -0.931. The zero-order chi connectivity index (χ0) is 15.2. The Morgan fingerprint density at radius 3 is 2.81 bits per heavy atom. The summed E-state index contributed by atoms with van der Waals surface area (Å²) in [6, 6.07) is 2.58. The van der Waals surface area contributed by atoms with Gasteiger partial charge in [-0.05, 0) is 31.5 Å². The zero-order valence-electron chi connectivity index (χ0n) is 11.4. The topological polar surface area (TPSA) is 66.6 Å². The third-order valence-corrected chi connectivity index (χ3v) is 6.32. The maximum Gasteiger partial charge on any atom is 0.246 e. The molecule has 2 saturated heterocycles. The van der Waals surface area contributed by atoms with Crippen LogP contribution in [0.4, 0.5) is 10.1 Å². The van der Waals surface area contributed by atoms with Crippen molar-refractivity contribution < 1.29 is 12.8 Å². The summed E-state index contributed by atoms with van der Waals surface area (Å²) in [6.45, 7) is 2.46. The number of hydrogen-bond donors (Lipinski definition) is 1. The predicted molar refractivity (Wildman–Crippen MR) is 79.2 cm³/mol. The standard InChI is InChI=1S/C13H17ClFN3O2S/c14-11-6-9(16)7-12(13(11)15)21(19,20)18-5-4-17-3-1-2-10(17)8-18/h6-7,10H,1-5,8,16H2. The van der Waals surface area contributed by atoms with E-state index in [4.69, 9.17) is 17.3 Å². The molecule has 0 radical (unpaired) electrons. The van der Waals surface area contributed by atoms with Crippen molar-refractivity contribution >= 4 is 27.3 Å². The van der Waals surface area contributed by atoms with Gasteiger partial charge in [0.25, 0.3) is 0 Å². The molecule has 0 amide bonds. The highest BCUT2D eigenvalue weighted by atomic mass is 35.5. The minimum Gasteiger partial charge on any atom is -0.399 e. The number of nitrogen functional groups attached to an aromatic ring is 1. The van der Waals surface area contributed by atoms with E-state index in [2.05, 4.69) is 4.90 Å². The Morgan fingerprint density at radius 1 is 1.29 bits per heavy atom. The number of sulfonamides is 1. The Bertz CT molecular complexity index is 668. The fraction of sp³-hybridized carbons (Fsp3) is 0.538. The molecule has 1 atom stereocenters. The molecular formula is C13H17ClFN3O2S. The Balaban J connectivity index is 1.94. The molecule has 0 saturated carbocycles. The summed E-state index contributed by atoms with van der Waals surface area (Å²) in [6.07, 6.45) is 2.06. The molecule has 2 N–H and O–H groups in total.